The van der Waals surface area contributed by atoms with Gasteiger partial charge in [0.25, 0.3) is 0 Å². The molecule has 0 spiro atoms. The van der Waals surface area contributed by atoms with Crippen molar-refractivity contribution < 1.29 is 22.8 Å². The van der Waals surface area contributed by atoms with E-state index in [-0.39, 0.29) is 0 Å². The van der Waals surface area contributed by atoms with E-state index in [1.807, 2.05) is 72.8 Å². The fourth-order valence-corrected chi connectivity index (χ4v) is 5.02. The Morgan fingerprint density at radius 1 is 0.697 bits per heavy atom. The molecule has 0 amide bonds. The van der Waals surface area contributed by atoms with Crippen LogP contribution in [0.25, 0.3) is 11.1 Å². The monoisotopic (exact) mass is 466 g/mol. The summed E-state index contributed by atoms with van der Waals surface area (Å²) in [5, 5.41) is 8.82. The second kappa shape index (κ2) is 12.3. The molecule has 0 N–H and O–H groups in total. The molecule has 0 atom stereocenters. The van der Waals surface area contributed by atoms with Gasteiger partial charge in [0.2, 0.25) is 0 Å². The molecular weight excluding hydrogens is 436 g/mol. The summed E-state index contributed by atoms with van der Waals surface area (Å²) in [6.07, 6.45) is 0.776. The van der Waals surface area contributed by atoms with E-state index in [0.717, 1.165) is 40.4 Å². The SMILES string of the molecule is COc1ccc(N=Nc2ccccc2-c2ccc(OCCC[Si](OC)(OC)OC)cc2)cc1. The predicted molar refractivity (Wildman–Crippen MR) is 131 cm³/mol. The first kappa shape index (κ1) is 24.6. The Hall–Kier alpha value is -3.04. The zero-order chi connectivity index (χ0) is 23.5. The van der Waals surface area contributed by atoms with Crippen molar-refractivity contribution in [3.05, 3.63) is 72.8 Å². The quantitative estimate of drug-likeness (QED) is 0.175. The van der Waals surface area contributed by atoms with Crippen molar-refractivity contribution in [1.29, 1.82) is 0 Å². The van der Waals surface area contributed by atoms with Crippen molar-refractivity contribution in [3.63, 3.8) is 0 Å². The smallest absolute Gasteiger partial charge is 0.497 e. The van der Waals surface area contributed by atoms with Gasteiger partial charge in [0, 0.05) is 32.9 Å². The van der Waals surface area contributed by atoms with Gasteiger partial charge in [-0.2, -0.15) is 5.11 Å². The molecule has 33 heavy (non-hydrogen) atoms. The molecular formula is C25H30N2O5Si. The van der Waals surface area contributed by atoms with Crippen LogP contribution >= 0.6 is 0 Å². The Kier molecular flexibility index (Phi) is 9.14. The third kappa shape index (κ3) is 6.72. The van der Waals surface area contributed by atoms with E-state index in [4.69, 9.17) is 22.8 Å². The number of methoxy groups -OCH3 is 1. The van der Waals surface area contributed by atoms with Gasteiger partial charge in [-0.15, -0.1) is 5.11 Å². The van der Waals surface area contributed by atoms with Crippen molar-refractivity contribution >= 4 is 20.2 Å². The predicted octanol–water partition coefficient (Wildman–Crippen LogP) is 6.42. The lowest BCUT2D eigenvalue weighted by Gasteiger charge is -2.24. The molecule has 0 radical (unpaired) electrons. The van der Waals surface area contributed by atoms with E-state index >= 15 is 0 Å². The average molecular weight is 467 g/mol. The van der Waals surface area contributed by atoms with Gasteiger partial charge < -0.3 is 22.8 Å². The largest absolute Gasteiger partial charge is 0.500 e. The summed E-state index contributed by atoms with van der Waals surface area (Å²) in [5.41, 5.74) is 3.59. The maximum absolute atomic E-state index is 5.88. The van der Waals surface area contributed by atoms with Crippen molar-refractivity contribution in [1.82, 2.24) is 0 Å². The van der Waals surface area contributed by atoms with Crippen molar-refractivity contribution in [2.24, 2.45) is 10.2 Å². The van der Waals surface area contributed by atoms with Crippen LogP contribution < -0.4 is 9.47 Å². The van der Waals surface area contributed by atoms with Crippen LogP contribution in [0.15, 0.2) is 83.0 Å². The number of ether oxygens (including phenoxy) is 2. The van der Waals surface area contributed by atoms with E-state index in [9.17, 15) is 0 Å². The first-order chi connectivity index (χ1) is 16.1. The number of hydrogen-bond acceptors (Lipinski definition) is 7. The fraction of sp³-hybridized carbons (Fsp3) is 0.280. The van der Waals surface area contributed by atoms with E-state index in [1.165, 1.54) is 0 Å². The van der Waals surface area contributed by atoms with Gasteiger partial charge in [-0.1, -0.05) is 30.3 Å². The van der Waals surface area contributed by atoms with Crippen molar-refractivity contribution in [2.45, 2.75) is 12.5 Å². The Balaban J connectivity index is 1.63. The minimum Gasteiger partial charge on any atom is -0.497 e. The third-order valence-corrected chi connectivity index (χ3v) is 8.08. The normalized spacial score (nSPS) is 11.6. The molecule has 3 aromatic carbocycles. The molecule has 3 rings (SSSR count). The van der Waals surface area contributed by atoms with Crippen molar-refractivity contribution in [3.8, 4) is 22.6 Å². The summed E-state index contributed by atoms with van der Waals surface area (Å²) < 4.78 is 27.4. The lowest BCUT2D eigenvalue weighted by atomic mass is 10.0. The molecule has 0 saturated heterocycles. The second-order valence-corrected chi connectivity index (χ2v) is 10.3. The molecule has 7 nitrogen and oxygen atoms in total. The molecule has 0 saturated carbocycles. The third-order valence-electron chi connectivity index (χ3n) is 5.24. The molecule has 0 aliphatic heterocycles. The minimum absolute atomic E-state index is 0.552. The highest BCUT2D eigenvalue weighted by molar-refractivity contribution is 6.60. The van der Waals surface area contributed by atoms with Crippen LogP contribution in [-0.4, -0.2) is 43.9 Å². The number of hydrogen-bond donors (Lipinski definition) is 0. The molecule has 0 fully saturated rings. The van der Waals surface area contributed by atoms with Crippen LogP contribution in [0.2, 0.25) is 6.04 Å². The van der Waals surface area contributed by atoms with Gasteiger partial charge in [-0.3, -0.25) is 0 Å². The lowest BCUT2D eigenvalue weighted by Crippen LogP contribution is -2.42. The Morgan fingerprint density at radius 3 is 1.97 bits per heavy atom. The number of benzene rings is 3. The molecule has 0 aliphatic rings. The Bertz CT molecular complexity index is 1010. The topological polar surface area (TPSA) is 70.9 Å². The molecule has 0 unspecified atom stereocenters. The molecule has 0 bridgehead atoms. The van der Waals surface area contributed by atoms with Crippen LogP contribution in [0.3, 0.4) is 0 Å². The van der Waals surface area contributed by atoms with E-state index in [1.54, 1.807) is 28.4 Å². The maximum Gasteiger partial charge on any atom is 0.500 e. The maximum atomic E-state index is 5.88. The van der Waals surface area contributed by atoms with Crippen molar-refractivity contribution in [2.75, 3.05) is 35.0 Å². The van der Waals surface area contributed by atoms with Gasteiger partial charge in [0.05, 0.1) is 25.1 Å². The second-order valence-electron chi connectivity index (χ2n) is 7.19. The molecule has 0 heterocycles. The minimum atomic E-state index is -2.56. The summed E-state index contributed by atoms with van der Waals surface area (Å²) >= 11 is 0. The summed E-state index contributed by atoms with van der Waals surface area (Å²) in [6.45, 7) is 0.552. The first-order valence-corrected chi connectivity index (χ1v) is 12.6. The number of rotatable bonds is 12. The highest BCUT2D eigenvalue weighted by Crippen LogP contribution is 2.32. The fourth-order valence-electron chi connectivity index (χ4n) is 3.33. The number of nitrogens with zero attached hydrogens (tertiary/aromatic N) is 2. The Morgan fingerprint density at radius 2 is 1.33 bits per heavy atom. The van der Waals surface area contributed by atoms with Crippen LogP contribution in [0.1, 0.15) is 6.42 Å². The zero-order valence-electron chi connectivity index (χ0n) is 19.5. The van der Waals surface area contributed by atoms with E-state index < -0.39 is 8.80 Å². The van der Waals surface area contributed by atoms with Gasteiger partial charge in [-0.05, 0) is 54.4 Å². The van der Waals surface area contributed by atoms with E-state index in [0.29, 0.717) is 12.7 Å². The van der Waals surface area contributed by atoms with Gasteiger partial charge in [0.15, 0.2) is 0 Å². The summed E-state index contributed by atoms with van der Waals surface area (Å²) in [5.74, 6) is 1.59. The molecule has 3 aromatic rings. The van der Waals surface area contributed by atoms with Gasteiger partial charge in [0.1, 0.15) is 11.5 Å². The summed E-state index contributed by atoms with van der Waals surface area (Å²) in [6, 6.07) is 24.0. The van der Waals surface area contributed by atoms with E-state index in [2.05, 4.69) is 10.2 Å². The summed E-state index contributed by atoms with van der Waals surface area (Å²) in [4.78, 5) is 0. The standard InChI is InChI=1S/C25H30N2O5Si/c1-28-22-16-12-21(13-17-22)26-27-25-9-6-5-8-24(25)20-10-14-23(15-11-20)32-18-7-19-33(29-2,30-3)31-4/h5-6,8-17H,7,18-19H2,1-4H3. The van der Waals surface area contributed by atoms with Crippen LogP contribution in [0, 0.1) is 0 Å². The lowest BCUT2D eigenvalue weighted by molar-refractivity contribution is 0.121. The molecule has 174 valence electrons. The van der Waals surface area contributed by atoms with Crippen LogP contribution in [-0.2, 0) is 13.3 Å². The van der Waals surface area contributed by atoms with Gasteiger partial charge in [-0.25, -0.2) is 0 Å². The van der Waals surface area contributed by atoms with Crippen LogP contribution in [0.4, 0.5) is 11.4 Å². The van der Waals surface area contributed by atoms with Gasteiger partial charge >= 0.3 is 8.80 Å². The molecule has 0 aliphatic carbocycles. The first-order valence-electron chi connectivity index (χ1n) is 10.7. The number of azo groups is 1. The molecule has 8 heteroatoms. The summed E-state index contributed by atoms with van der Waals surface area (Å²) in [7, 11) is 3.93. The molecule has 0 aromatic heterocycles. The highest BCUT2D eigenvalue weighted by atomic mass is 28.4. The average Bonchev–Trinajstić information content (AvgIpc) is 2.89. The van der Waals surface area contributed by atoms with Crippen LogP contribution in [0.5, 0.6) is 11.5 Å². The highest BCUT2D eigenvalue weighted by Gasteiger charge is 2.36. The zero-order valence-corrected chi connectivity index (χ0v) is 20.5. The Labute approximate surface area is 196 Å².